The van der Waals surface area contributed by atoms with Crippen molar-refractivity contribution in [1.29, 1.82) is 0 Å². The fraction of sp³-hybridized carbons (Fsp3) is 0.364. The number of benzene rings is 2. The predicted octanol–water partition coefficient (Wildman–Crippen LogP) is 5.66. The van der Waals surface area contributed by atoms with Crippen molar-refractivity contribution in [1.82, 2.24) is 10.2 Å². The van der Waals surface area contributed by atoms with Gasteiger partial charge in [-0.2, -0.15) is 0 Å². The molecule has 4 nitrogen and oxygen atoms in total. The van der Waals surface area contributed by atoms with Crippen LogP contribution in [0, 0.1) is 5.82 Å². The second kappa shape index (κ2) is 11.5. The molecular weight excluding hydrogens is 450 g/mol. The Kier molecular flexibility index (Phi) is 9.40. The number of carbonyl (C=O) groups is 2. The van der Waals surface area contributed by atoms with E-state index in [4.69, 9.17) is 34.8 Å². The molecule has 0 aliphatic heterocycles. The van der Waals surface area contributed by atoms with Crippen molar-refractivity contribution in [3.8, 4) is 0 Å². The minimum atomic E-state index is -0.762. The van der Waals surface area contributed by atoms with Gasteiger partial charge in [0.25, 0.3) is 0 Å². The van der Waals surface area contributed by atoms with Crippen LogP contribution < -0.4 is 5.32 Å². The molecule has 0 fully saturated rings. The molecule has 0 saturated carbocycles. The van der Waals surface area contributed by atoms with E-state index in [2.05, 4.69) is 5.32 Å². The lowest BCUT2D eigenvalue weighted by molar-refractivity contribution is -0.141. The molecule has 8 heteroatoms. The smallest absolute Gasteiger partial charge is 0.242 e. The van der Waals surface area contributed by atoms with Crippen LogP contribution in [-0.4, -0.2) is 29.3 Å². The van der Waals surface area contributed by atoms with E-state index < -0.39 is 17.8 Å². The molecular formula is C22H24Cl3FN2O2. The maximum Gasteiger partial charge on any atom is 0.242 e. The van der Waals surface area contributed by atoms with Gasteiger partial charge >= 0.3 is 0 Å². The molecule has 0 unspecified atom stereocenters. The first-order chi connectivity index (χ1) is 14.3. The van der Waals surface area contributed by atoms with Crippen molar-refractivity contribution in [3.05, 3.63) is 68.4 Å². The third-order valence-corrected chi connectivity index (χ3v) is 5.78. The van der Waals surface area contributed by atoms with Crippen LogP contribution in [0.15, 0.2) is 36.4 Å². The molecule has 30 heavy (non-hydrogen) atoms. The summed E-state index contributed by atoms with van der Waals surface area (Å²) in [6.07, 6.45) is 0.844. The lowest BCUT2D eigenvalue weighted by Gasteiger charge is -2.31. The minimum Gasteiger partial charge on any atom is -0.354 e. The maximum atomic E-state index is 14.3. The molecule has 1 N–H and O–H groups in total. The number of nitrogens with one attached hydrogen (secondary N) is 1. The summed E-state index contributed by atoms with van der Waals surface area (Å²) < 4.78 is 14.3. The van der Waals surface area contributed by atoms with E-state index in [9.17, 15) is 14.0 Å². The zero-order valence-corrected chi connectivity index (χ0v) is 19.1. The van der Waals surface area contributed by atoms with Crippen molar-refractivity contribution in [2.45, 2.75) is 45.7 Å². The third kappa shape index (κ3) is 6.10. The molecule has 0 aliphatic carbocycles. The van der Waals surface area contributed by atoms with Crippen LogP contribution in [-0.2, 0) is 22.6 Å². The topological polar surface area (TPSA) is 49.4 Å². The van der Waals surface area contributed by atoms with Gasteiger partial charge in [-0.05, 0) is 37.1 Å². The number of nitrogens with zero attached hydrogens (tertiary/aromatic N) is 1. The average molecular weight is 474 g/mol. The van der Waals surface area contributed by atoms with E-state index in [0.717, 1.165) is 6.42 Å². The minimum absolute atomic E-state index is 0.0153. The molecule has 2 amide bonds. The molecule has 2 aromatic rings. The first-order valence-corrected chi connectivity index (χ1v) is 10.9. The number of hydrogen-bond donors (Lipinski definition) is 1. The van der Waals surface area contributed by atoms with Gasteiger partial charge in [-0.1, -0.05) is 60.8 Å². The van der Waals surface area contributed by atoms with Gasteiger partial charge in [0.15, 0.2) is 0 Å². The van der Waals surface area contributed by atoms with Gasteiger partial charge in [0.05, 0.1) is 6.42 Å². The van der Waals surface area contributed by atoms with Crippen molar-refractivity contribution < 1.29 is 14.0 Å². The number of amides is 2. The average Bonchev–Trinajstić information content (AvgIpc) is 2.71. The van der Waals surface area contributed by atoms with Gasteiger partial charge in [-0.3, -0.25) is 9.59 Å². The fourth-order valence-electron chi connectivity index (χ4n) is 3.09. The van der Waals surface area contributed by atoms with E-state index in [-0.39, 0.29) is 29.5 Å². The summed E-state index contributed by atoms with van der Waals surface area (Å²) in [5, 5.41) is 3.74. The summed E-state index contributed by atoms with van der Waals surface area (Å²) in [6, 6.07) is 8.50. The Bertz CT molecular complexity index is 867. The highest BCUT2D eigenvalue weighted by Gasteiger charge is 2.30. The number of rotatable bonds is 9. The van der Waals surface area contributed by atoms with Crippen molar-refractivity contribution in [2.75, 3.05) is 6.54 Å². The highest BCUT2D eigenvalue weighted by atomic mass is 35.5. The number of carbonyl (C=O) groups excluding carboxylic acids is 2. The van der Waals surface area contributed by atoms with Gasteiger partial charge in [0.2, 0.25) is 11.8 Å². The Labute approximate surface area is 191 Å². The Morgan fingerprint density at radius 3 is 2.10 bits per heavy atom. The molecule has 2 aromatic carbocycles. The second-order valence-electron chi connectivity index (χ2n) is 6.81. The Balaban J connectivity index is 2.41. The highest BCUT2D eigenvalue weighted by Crippen LogP contribution is 2.28. The summed E-state index contributed by atoms with van der Waals surface area (Å²) >= 11 is 18.7. The number of halogens is 4. The molecule has 2 rings (SSSR count). The Hall–Kier alpha value is -1.82. The van der Waals surface area contributed by atoms with Crippen LogP contribution in [0.2, 0.25) is 15.1 Å². The van der Waals surface area contributed by atoms with E-state index in [0.29, 0.717) is 28.6 Å². The zero-order chi connectivity index (χ0) is 22.3. The first-order valence-electron chi connectivity index (χ1n) is 9.73. The molecule has 0 bridgehead atoms. The van der Waals surface area contributed by atoms with E-state index in [1.54, 1.807) is 25.1 Å². The van der Waals surface area contributed by atoms with Crippen molar-refractivity contribution in [3.63, 3.8) is 0 Å². The predicted molar refractivity (Wildman–Crippen MR) is 120 cm³/mol. The fourth-order valence-corrected chi connectivity index (χ4v) is 3.84. The summed E-state index contributed by atoms with van der Waals surface area (Å²) in [5.41, 5.74) is 0.610. The number of hydrogen-bond acceptors (Lipinski definition) is 2. The summed E-state index contributed by atoms with van der Waals surface area (Å²) in [4.78, 5) is 27.4. The highest BCUT2D eigenvalue weighted by molar-refractivity contribution is 6.36. The van der Waals surface area contributed by atoms with E-state index in [1.165, 1.54) is 23.1 Å². The second-order valence-corrected chi connectivity index (χ2v) is 8.04. The first kappa shape index (κ1) is 24.4. The normalized spacial score (nSPS) is 11.8. The van der Waals surface area contributed by atoms with Crippen LogP contribution >= 0.6 is 34.8 Å². The summed E-state index contributed by atoms with van der Waals surface area (Å²) in [7, 11) is 0. The van der Waals surface area contributed by atoms with Crippen LogP contribution in [0.3, 0.4) is 0 Å². The largest absolute Gasteiger partial charge is 0.354 e. The monoisotopic (exact) mass is 472 g/mol. The Morgan fingerprint density at radius 1 is 1.00 bits per heavy atom. The van der Waals surface area contributed by atoms with Crippen molar-refractivity contribution in [2.24, 2.45) is 0 Å². The van der Waals surface area contributed by atoms with E-state index in [1.807, 2.05) is 6.92 Å². The van der Waals surface area contributed by atoms with Gasteiger partial charge in [-0.15, -0.1) is 0 Å². The maximum absolute atomic E-state index is 14.3. The quantitative estimate of drug-likeness (QED) is 0.511. The SMILES string of the molecule is CCCNC(=O)[C@@H](CC)N(Cc1c(Cl)cccc1Cl)C(=O)Cc1c(F)cccc1Cl. The van der Waals surface area contributed by atoms with Crippen LogP contribution in [0.1, 0.15) is 37.8 Å². The zero-order valence-electron chi connectivity index (χ0n) is 16.9. The van der Waals surface area contributed by atoms with Crippen LogP contribution in [0.5, 0.6) is 0 Å². The van der Waals surface area contributed by atoms with Gasteiger partial charge < -0.3 is 10.2 Å². The van der Waals surface area contributed by atoms with Crippen LogP contribution in [0.4, 0.5) is 4.39 Å². The molecule has 0 heterocycles. The molecule has 0 saturated heterocycles. The lowest BCUT2D eigenvalue weighted by atomic mass is 10.1. The molecule has 1 atom stereocenters. The summed E-state index contributed by atoms with van der Waals surface area (Å²) in [6.45, 7) is 4.25. The molecule has 0 spiro atoms. The van der Waals surface area contributed by atoms with Crippen molar-refractivity contribution >= 4 is 46.6 Å². The summed E-state index contributed by atoms with van der Waals surface area (Å²) in [5.74, 6) is -1.30. The van der Waals surface area contributed by atoms with Gasteiger partial charge in [-0.25, -0.2) is 4.39 Å². The standard InChI is InChI=1S/C22H24Cl3FN2O2/c1-3-11-27-22(30)20(4-2)28(13-15-17(24)7-5-8-18(15)25)21(29)12-14-16(23)9-6-10-19(14)26/h5-10,20H,3-4,11-13H2,1-2H3,(H,27,30)/t20-/m1/s1. The Morgan fingerprint density at radius 2 is 1.57 bits per heavy atom. The third-order valence-electron chi connectivity index (χ3n) is 4.71. The molecule has 0 aromatic heterocycles. The van der Waals surface area contributed by atoms with Gasteiger partial charge in [0, 0.05) is 39.3 Å². The molecule has 162 valence electrons. The van der Waals surface area contributed by atoms with Crippen LogP contribution in [0.25, 0.3) is 0 Å². The van der Waals surface area contributed by atoms with Gasteiger partial charge in [0.1, 0.15) is 11.9 Å². The molecule has 0 radical (unpaired) electrons. The lowest BCUT2D eigenvalue weighted by Crippen LogP contribution is -2.49. The van der Waals surface area contributed by atoms with E-state index >= 15 is 0 Å². The molecule has 0 aliphatic rings.